The van der Waals surface area contributed by atoms with E-state index in [1.807, 2.05) is 44.2 Å². The third-order valence-electron chi connectivity index (χ3n) is 5.41. The van der Waals surface area contributed by atoms with Gasteiger partial charge in [0.05, 0.1) is 6.07 Å². The fourth-order valence-corrected chi connectivity index (χ4v) is 3.60. The van der Waals surface area contributed by atoms with Gasteiger partial charge in [0.1, 0.15) is 12.5 Å². The van der Waals surface area contributed by atoms with Crippen LogP contribution < -0.4 is 5.32 Å². The Bertz CT molecular complexity index is 687. The summed E-state index contributed by atoms with van der Waals surface area (Å²) < 4.78 is 5.33. The van der Waals surface area contributed by atoms with Crippen molar-refractivity contribution in [1.82, 2.24) is 10.2 Å². The number of benzene rings is 1. The molecule has 126 valence electrons. The van der Waals surface area contributed by atoms with Gasteiger partial charge in [-0.1, -0.05) is 44.2 Å². The highest BCUT2D eigenvalue weighted by molar-refractivity contribution is 5.84. The van der Waals surface area contributed by atoms with E-state index in [1.54, 1.807) is 4.90 Å². The third-order valence-corrected chi connectivity index (χ3v) is 5.41. The molecule has 6 nitrogen and oxygen atoms in total. The molecule has 2 heterocycles. The van der Waals surface area contributed by atoms with Gasteiger partial charge in [0.25, 0.3) is 0 Å². The SMILES string of the molecule is CC1(C)CNC(=O)C(C#N)C12CN(C(=O)OCc1ccccc1)C2. The minimum atomic E-state index is -0.737. The number of ether oxygens (including phenoxy) is 1. The Hall–Kier alpha value is -2.55. The number of hydrogen-bond donors (Lipinski definition) is 1. The van der Waals surface area contributed by atoms with Crippen LogP contribution in [0.4, 0.5) is 4.79 Å². The van der Waals surface area contributed by atoms with Crippen LogP contribution in [0.5, 0.6) is 0 Å². The average Bonchev–Trinajstić information content (AvgIpc) is 2.53. The topological polar surface area (TPSA) is 82.4 Å². The van der Waals surface area contributed by atoms with Crippen molar-refractivity contribution >= 4 is 12.0 Å². The minimum absolute atomic E-state index is 0.217. The van der Waals surface area contributed by atoms with Crippen molar-refractivity contribution in [2.45, 2.75) is 20.5 Å². The molecule has 6 heteroatoms. The summed E-state index contributed by atoms with van der Waals surface area (Å²) in [6.07, 6.45) is -0.400. The molecular formula is C18H21N3O3. The van der Waals surface area contributed by atoms with Crippen LogP contribution in [0.1, 0.15) is 19.4 Å². The van der Waals surface area contributed by atoms with Gasteiger partial charge in [-0.15, -0.1) is 0 Å². The van der Waals surface area contributed by atoms with E-state index in [1.165, 1.54) is 0 Å². The van der Waals surface area contributed by atoms with Crippen molar-refractivity contribution in [3.8, 4) is 6.07 Å². The van der Waals surface area contributed by atoms with Crippen molar-refractivity contribution in [2.24, 2.45) is 16.7 Å². The lowest BCUT2D eigenvalue weighted by Gasteiger charge is -2.61. The van der Waals surface area contributed by atoms with Gasteiger partial charge in [0, 0.05) is 25.0 Å². The molecule has 2 saturated heterocycles. The van der Waals surface area contributed by atoms with Crippen LogP contribution in [0, 0.1) is 28.1 Å². The standard InChI is InChI=1S/C18H21N3O3/c1-17(2)10-20-15(22)14(8-19)18(17)11-21(12-18)16(23)24-9-13-6-4-3-5-7-13/h3-7,14H,9-12H2,1-2H3,(H,20,22). The quantitative estimate of drug-likeness (QED) is 0.899. The normalized spacial score (nSPS) is 23.8. The summed E-state index contributed by atoms with van der Waals surface area (Å²) in [5.41, 5.74) is 0.168. The summed E-state index contributed by atoms with van der Waals surface area (Å²) in [7, 11) is 0. The zero-order valence-corrected chi connectivity index (χ0v) is 13.9. The molecule has 0 radical (unpaired) electrons. The number of nitrogens with one attached hydrogen (secondary N) is 1. The van der Waals surface area contributed by atoms with E-state index in [-0.39, 0.29) is 17.9 Å². The molecule has 0 bridgehead atoms. The van der Waals surface area contributed by atoms with Crippen molar-refractivity contribution in [3.05, 3.63) is 35.9 Å². The van der Waals surface area contributed by atoms with Gasteiger partial charge in [0.2, 0.25) is 5.91 Å². The lowest BCUT2D eigenvalue weighted by molar-refractivity contribution is -0.156. The fraction of sp³-hybridized carbons (Fsp3) is 0.500. The van der Waals surface area contributed by atoms with E-state index in [2.05, 4.69) is 11.4 Å². The molecule has 1 spiro atoms. The second-order valence-electron chi connectivity index (χ2n) is 7.22. The summed E-state index contributed by atoms with van der Waals surface area (Å²) >= 11 is 0. The lowest BCUT2D eigenvalue weighted by atomic mass is 9.53. The molecule has 2 fully saturated rings. The smallest absolute Gasteiger partial charge is 0.410 e. The number of hydrogen-bond acceptors (Lipinski definition) is 4. The second kappa shape index (κ2) is 5.82. The number of carbonyl (C=O) groups is 2. The van der Waals surface area contributed by atoms with E-state index in [9.17, 15) is 14.9 Å². The Morgan fingerprint density at radius 1 is 1.38 bits per heavy atom. The average molecular weight is 327 g/mol. The first-order chi connectivity index (χ1) is 11.4. The molecule has 1 unspecified atom stereocenters. The molecule has 2 aliphatic heterocycles. The molecule has 1 atom stereocenters. The summed E-state index contributed by atoms with van der Waals surface area (Å²) in [5, 5.41) is 12.2. The first-order valence-electron chi connectivity index (χ1n) is 8.03. The van der Waals surface area contributed by atoms with Gasteiger partial charge in [-0.2, -0.15) is 5.26 Å². The van der Waals surface area contributed by atoms with Crippen LogP contribution in [-0.4, -0.2) is 36.5 Å². The van der Waals surface area contributed by atoms with E-state index >= 15 is 0 Å². The van der Waals surface area contributed by atoms with Crippen LogP contribution >= 0.6 is 0 Å². The minimum Gasteiger partial charge on any atom is -0.445 e. The van der Waals surface area contributed by atoms with Crippen LogP contribution in [0.25, 0.3) is 0 Å². The van der Waals surface area contributed by atoms with E-state index in [0.717, 1.165) is 5.56 Å². The number of carbonyl (C=O) groups excluding carboxylic acids is 2. The Labute approximate surface area is 141 Å². The monoisotopic (exact) mass is 327 g/mol. The van der Waals surface area contributed by atoms with Gasteiger partial charge in [-0.25, -0.2) is 4.79 Å². The number of likely N-dealkylation sites (tertiary alicyclic amines) is 1. The van der Waals surface area contributed by atoms with E-state index < -0.39 is 17.4 Å². The summed E-state index contributed by atoms with van der Waals surface area (Å²) in [4.78, 5) is 25.8. The number of nitrogens with zero attached hydrogens (tertiary/aromatic N) is 2. The van der Waals surface area contributed by atoms with Crippen LogP contribution in [0.15, 0.2) is 30.3 Å². The zero-order chi connectivity index (χ0) is 17.4. The predicted molar refractivity (Wildman–Crippen MR) is 86.5 cm³/mol. The third kappa shape index (κ3) is 2.50. The maximum Gasteiger partial charge on any atom is 0.410 e. The van der Waals surface area contributed by atoms with Crippen molar-refractivity contribution < 1.29 is 14.3 Å². The Kier molecular flexibility index (Phi) is 3.96. The molecule has 2 amide bonds. The van der Waals surface area contributed by atoms with Crippen molar-refractivity contribution in [3.63, 3.8) is 0 Å². The fourth-order valence-electron chi connectivity index (χ4n) is 3.60. The van der Waals surface area contributed by atoms with Gasteiger partial charge >= 0.3 is 6.09 Å². The molecule has 1 aromatic rings. The van der Waals surface area contributed by atoms with Gasteiger partial charge in [0.15, 0.2) is 0 Å². The number of piperidine rings is 1. The highest BCUT2D eigenvalue weighted by Crippen LogP contribution is 2.53. The van der Waals surface area contributed by atoms with Crippen LogP contribution in [0.3, 0.4) is 0 Å². The zero-order valence-electron chi connectivity index (χ0n) is 13.9. The molecular weight excluding hydrogens is 306 g/mol. The second-order valence-corrected chi connectivity index (χ2v) is 7.22. The Morgan fingerprint density at radius 2 is 2.04 bits per heavy atom. The highest BCUT2D eigenvalue weighted by atomic mass is 16.6. The highest BCUT2D eigenvalue weighted by Gasteiger charge is 2.63. The van der Waals surface area contributed by atoms with Crippen LogP contribution in [0.2, 0.25) is 0 Å². The molecule has 1 aromatic carbocycles. The van der Waals surface area contributed by atoms with Crippen molar-refractivity contribution in [2.75, 3.05) is 19.6 Å². The first kappa shape index (κ1) is 16.3. The molecule has 2 aliphatic rings. The molecule has 3 rings (SSSR count). The van der Waals surface area contributed by atoms with Crippen molar-refractivity contribution in [1.29, 1.82) is 5.26 Å². The first-order valence-corrected chi connectivity index (χ1v) is 8.03. The Morgan fingerprint density at radius 3 is 2.67 bits per heavy atom. The van der Waals surface area contributed by atoms with Crippen LogP contribution in [-0.2, 0) is 16.1 Å². The van der Waals surface area contributed by atoms with Gasteiger partial charge in [-0.05, 0) is 11.0 Å². The van der Waals surface area contributed by atoms with Gasteiger partial charge < -0.3 is 15.0 Å². The van der Waals surface area contributed by atoms with E-state index in [4.69, 9.17) is 4.74 Å². The molecule has 0 aliphatic carbocycles. The number of nitriles is 1. The summed E-state index contributed by atoms with van der Waals surface area (Å²) in [6.45, 7) is 5.54. The number of amides is 2. The largest absolute Gasteiger partial charge is 0.445 e. The molecule has 0 aromatic heterocycles. The molecule has 24 heavy (non-hydrogen) atoms. The molecule has 1 N–H and O–H groups in total. The maximum atomic E-state index is 12.2. The predicted octanol–water partition coefficient (Wildman–Crippen LogP) is 1.92. The summed E-state index contributed by atoms with van der Waals surface area (Å²) in [6, 6.07) is 11.6. The lowest BCUT2D eigenvalue weighted by Crippen LogP contribution is -2.73. The van der Waals surface area contributed by atoms with Gasteiger partial charge in [-0.3, -0.25) is 4.79 Å². The Balaban J connectivity index is 1.65. The summed E-state index contributed by atoms with van der Waals surface area (Å²) in [5.74, 6) is -0.978. The van der Waals surface area contributed by atoms with E-state index in [0.29, 0.717) is 19.6 Å². The molecule has 0 saturated carbocycles. The number of rotatable bonds is 2. The maximum absolute atomic E-state index is 12.2.